The Kier molecular flexibility index (Phi) is 8.05. The second-order valence-electron chi connectivity index (χ2n) is 10.5. The van der Waals surface area contributed by atoms with Crippen molar-refractivity contribution in [3.63, 3.8) is 0 Å². The monoisotopic (exact) mass is 670 g/mol. The lowest BCUT2D eigenvalue weighted by Gasteiger charge is -2.40. The van der Waals surface area contributed by atoms with Gasteiger partial charge in [-0.3, -0.25) is 19.1 Å². The number of aromatic carboxylic acids is 1. The molecule has 0 radical (unpaired) electrons. The molecule has 46 heavy (non-hydrogen) atoms. The highest BCUT2D eigenvalue weighted by atomic mass is 35.5. The summed E-state index contributed by atoms with van der Waals surface area (Å²) in [6.45, 7) is 3.12. The Morgan fingerprint density at radius 3 is 2.67 bits per heavy atom. The number of thiophene rings is 1. The third kappa shape index (κ3) is 5.82. The van der Waals surface area contributed by atoms with Gasteiger partial charge >= 0.3 is 12.3 Å². The lowest BCUT2D eigenvalue weighted by molar-refractivity contribution is -0.344. The number of aryl methyl sites for hydroxylation is 2. The largest absolute Gasteiger partial charge is 0.522 e. The first-order valence-electron chi connectivity index (χ1n) is 13.7. The van der Waals surface area contributed by atoms with Crippen LogP contribution in [-0.2, 0) is 11.3 Å². The lowest BCUT2D eigenvalue weighted by Crippen LogP contribution is -2.54. The zero-order valence-electron chi connectivity index (χ0n) is 24.1. The predicted octanol–water partition coefficient (Wildman–Crippen LogP) is 5.71. The average molecular weight is 671 g/mol. The molecule has 0 unspecified atom stereocenters. The first kappa shape index (κ1) is 31.2. The molecule has 1 N–H and O–H groups in total. The molecule has 16 heteroatoms. The van der Waals surface area contributed by atoms with Gasteiger partial charge in [0.2, 0.25) is 0 Å². The molecule has 0 aliphatic carbocycles. The van der Waals surface area contributed by atoms with Crippen molar-refractivity contribution < 1.29 is 32.5 Å². The fraction of sp³-hybridized carbons (Fsp3) is 0.267. The number of ether oxygens (including phenoxy) is 2. The molecule has 1 aliphatic rings. The van der Waals surface area contributed by atoms with Crippen LogP contribution in [0.15, 0.2) is 40.6 Å². The number of carbonyl (C=O) groups is 1. The van der Waals surface area contributed by atoms with E-state index in [1.54, 1.807) is 32.0 Å². The van der Waals surface area contributed by atoms with Gasteiger partial charge in [-0.2, -0.15) is 5.26 Å². The number of anilines is 1. The van der Waals surface area contributed by atoms with Gasteiger partial charge in [0.25, 0.3) is 5.56 Å². The topological polar surface area (TPSA) is 143 Å². The van der Waals surface area contributed by atoms with Crippen LogP contribution < -0.4 is 15.2 Å². The first-order chi connectivity index (χ1) is 21.8. The highest BCUT2D eigenvalue weighted by Crippen LogP contribution is 2.40. The molecule has 1 aliphatic heterocycles. The average Bonchev–Trinajstić information content (AvgIpc) is 3.40. The van der Waals surface area contributed by atoms with Gasteiger partial charge in [-0.15, -0.1) is 24.5 Å². The first-order valence-corrected chi connectivity index (χ1v) is 14.9. The van der Waals surface area contributed by atoms with Gasteiger partial charge in [-0.05, 0) is 38.1 Å². The number of carboxylic acid groups (broad SMARTS) is 1. The van der Waals surface area contributed by atoms with Gasteiger partial charge in [0.1, 0.15) is 41.7 Å². The maximum atomic E-state index is 13.7. The molecule has 1 aromatic carbocycles. The number of hydrogen-bond acceptors (Lipinski definition) is 10. The molecule has 5 heterocycles. The number of carboxylic acids is 1. The van der Waals surface area contributed by atoms with Gasteiger partial charge in [0.05, 0.1) is 39.4 Å². The molecule has 1 saturated heterocycles. The Balaban J connectivity index is 1.29. The highest BCUT2D eigenvalue weighted by molar-refractivity contribution is 7.18. The fourth-order valence-corrected chi connectivity index (χ4v) is 6.55. The van der Waals surface area contributed by atoms with E-state index in [1.165, 1.54) is 32.4 Å². The summed E-state index contributed by atoms with van der Waals surface area (Å²) < 4.78 is 49.9. The van der Waals surface area contributed by atoms with E-state index in [4.69, 9.17) is 16.3 Å². The molecule has 1 fully saturated rings. The number of hydrogen-bond donors (Lipinski definition) is 1. The molecule has 0 atom stereocenters. The van der Waals surface area contributed by atoms with Crippen LogP contribution in [0.5, 0.6) is 5.75 Å². The molecular weight excluding hydrogens is 649 g/mol. The smallest absolute Gasteiger partial charge is 0.491 e. The van der Waals surface area contributed by atoms with Crippen molar-refractivity contribution in [2.45, 2.75) is 32.9 Å². The maximum absolute atomic E-state index is 13.7. The van der Waals surface area contributed by atoms with Crippen LogP contribution in [-0.4, -0.2) is 62.8 Å². The molecule has 0 amide bonds. The van der Waals surface area contributed by atoms with E-state index in [-0.39, 0.29) is 54.1 Å². The van der Waals surface area contributed by atoms with Gasteiger partial charge in [-0.25, -0.2) is 14.8 Å². The Morgan fingerprint density at radius 2 is 1.98 bits per heavy atom. The van der Waals surface area contributed by atoms with Crippen LogP contribution in [0.4, 0.5) is 19.0 Å². The molecule has 0 bridgehead atoms. The minimum atomic E-state index is -4.78. The van der Waals surface area contributed by atoms with Crippen LogP contribution in [0.2, 0.25) is 5.02 Å². The molecule has 0 spiro atoms. The Labute approximate surface area is 267 Å². The van der Waals surface area contributed by atoms with Gasteiger partial charge in [0.15, 0.2) is 0 Å². The number of nitriles is 1. The van der Waals surface area contributed by atoms with E-state index in [0.29, 0.717) is 43.6 Å². The van der Waals surface area contributed by atoms with Crippen molar-refractivity contribution >= 4 is 55.8 Å². The minimum Gasteiger partial charge on any atom is -0.491 e. The van der Waals surface area contributed by atoms with Crippen molar-refractivity contribution in [3.05, 3.63) is 73.9 Å². The van der Waals surface area contributed by atoms with Crippen LogP contribution in [0.3, 0.4) is 0 Å². The molecule has 4 aromatic heterocycles. The molecule has 11 nitrogen and oxygen atoms in total. The minimum absolute atomic E-state index is 0.00298. The summed E-state index contributed by atoms with van der Waals surface area (Å²) in [4.78, 5) is 40.0. The summed E-state index contributed by atoms with van der Waals surface area (Å²) in [5.41, 5.74) is 1.89. The van der Waals surface area contributed by atoms with Crippen molar-refractivity contribution in [2.75, 3.05) is 24.6 Å². The lowest BCUT2D eigenvalue weighted by atomic mass is 10.0. The Hall–Kier alpha value is -4.78. The van der Waals surface area contributed by atoms with Gasteiger partial charge in [-0.1, -0.05) is 11.6 Å². The Morgan fingerprint density at radius 1 is 1.22 bits per heavy atom. The van der Waals surface area contributed by atoms with Crippen LogP contribution in [0.1, 0.15) is 27.4 Å². The summed E-state index contributed by atoms with van der Waals surface area (Å²) in [6.07, 6.45) is -4.58. The number of alkyl halides is 3. The van der Waals surface area contributed by atoms with E-state index >= 15 is 0 Å². The van der Waals surface area contributed by atoms with Crippen molar-refractivity contribution in [1.82, 2.24) is 19.5 Å². The number of halogens is 4. The number of aromatic nitrogens is 4. The number of pyridine rings is 2. The standard InChI is InChI=1S/C30H22ClF3N6O5S/c1-14-7-19(26-25(37-14)21(13-46-26)29(42)43)18-8-16(31)3-4-23(18)44-6-5-40-15(2)38-22-10-36-27(20(9-35)24(22)28(40)41)39-11-17(12-39)45-30(32,33)34/h3-4,7-8,10,13,17H,5-6,11-12H2,1-2H3,(H,42,43). The van der Waals surface area contributed by atoms with Crippen LogP contribution in [0, 0.1) is 25.2 Å². The van der Waals surface area contributed by atoms with E-state index in [0.717, 1.165) is 0 Å². The number of benzene rings is 1. The molecule has 5 aromatic rings. The number of rotatable bonds is 8. The molecule has 6 rings (SSSR count). The third-order valence-electron chi connectivity index (χ3n) is 7.42. The van der Waals surface area contributed by atoms with Crippen LogP contribution in [0.25, 0.3) is 32.2 Å². The summed E-state index contributed by atoms with van der Waals surface area (Å²) in [6, 6.07) is 8.81. The van der Waals surface area contributed by atoms with E-state index in [9.17, 15) is 33.1 Å². The Bertz CT molecular complexity index is 2140. The molecule has 236 valence electrons. The second kappa shape index (κ2) is 11.9. The summed E-state index contributed by atoms with van der Waals surface area (Å²) in [5, 5.41) is 21.5. The van der Waals surface area contributed by atoms with E-state index in [2.05, 4.69) is 19.7 Å². The fourth-order valence-electron chi connectivity index (χ4n) is 5.37. The highest BCUT2D eigenvalue weighted by Gasteiger charge is 2.40. The van der Waals surface area contributed by atoms with Crippen molar-refractivity contribution in [1.29, 1.82) is 5.26 Å². The number of fused-ring (bicyclic) bond motifs is 2. The second-order valence-corrected chi connectivity index (χ2v) is 11.8. The van der Waals surface area contributed by atoms with Gasteiger partial charge in [0, 0.05) is 40.3 Å². The molecule has 0 saturated carbocycles. The van der Waals surface area contributed by atoms with E-state index < -0.39 is 24.0 Å². The quantitative estimate of drug-likeness (QED) is 0.218. The van der Waals surface area contributed by atoms with Gasteiger partial charge < -0.3 is 14.7 Å². The molecular formula is C30H22ClF3N6O5S. The third-order valence-corrected chi connectivity index (χ3v) is 8.65. The summed E-state index contributed by atoms with van der Waals surface area (Å²) >= 11 is 7.59. The van der Waals surface area contributed by atoms with E-state index in [1.807, 2.05) is 12.1 Å². The predicted molar refractivity (Wildman–Crippen MR) is 164 cm³/mol. The van der Waals surface area contributed by atoms with Crippen molar-refractivity contribution in [3.8, 4) is 22.9 Å². The maximum Gasteiger partial charge on any atom is 0.522 e. The number of nitrogens with zero attached hydrogens (tertiary/aromatic N) is 6. The normalized spacial score (nSPS) is 13.6. The summed E-state index contributed by atoms with van der Waals surface area (Å²) in [5.74, 6) is -0.245. The SMILES string of the molecule is Cc1cc(-c2cc(Cl)ccc2OCCn2c(C)nc3cnc(N4CC(OC(F)(F)F)C4)c(C#N)c3c2=O)c2scc(C(=O)O)c2n1. The zero-order valence-corrected chi connectivity index (χ0v) is 25.6. The summed E-state index contributed by atoms with van der Waals surface area (Å²) in [7, 11) is 0. The zero-order chi connectivity index (χ0) is 32.9. The van der Waals surface area contributed by atoms with Crippen LogP contribution >= 0.6 is 22.9 Å². The van der Waals surface area contributed by atoms with Crippen molar-refractivity contribution in [2.24, 2.45) is 0 Å².